The van der Waals surface area contributed by atoms with E-state index in [-0.39, 0.29) is 5.41 Å². The molecule has 31 heavy (non-hydrogen) atoms. The molecule has 0 saturated heterocycles. The second-order valence-electron chi connectivity index (χ2n) is 10.0. The first kappa shape index (κ1) is 21.9. The Morgan fingerprint density at radius 1 is 0.968 bits per heavy atom. The number of halogens is 1. The summed E-state index contributed by atoms with van der Waals surface area (Å²) in [7, 11) is -2.13. The van der Waals surface area contributed by atoms with E-state index in [1.54, 1.807) is 0 Å². The van der Waals surface area contributed by atoms with Crippen molar-refractivity contribution < 1.29 is 4.74 Å². The van der Waals surface area contributed by atoms with Crippen LogP contribution in [-0.4, -0.2) is 14.7 Å². The highest BCUT2D eigenvalue weighted by Gasteiger charge is 2.44. The molecule has 0 amide bonds. The normalized spacial score (nSPS) is 13.6. The van der Waals surface area contributed by atoms with Gasteiger partial charge < -0.3 is 4.74 Å². The second kappa shape index (κ2) is 8.00. The Balaban J connectivity index is 1.98. The first-order valence-electron chi connectivity index (χ1n) is 10.9. The quantitative estimate of drug-likeness (QED) is 0.291. The van der Waals surface area contributed by atoms with Gasteiger partial charge in [0.05, 0.1) is 8.07 Å². The summed E-state index contributed by atoms with van der Waals surface area (Å²) in [6.45, 7) is 15.9. The van der Waals surface area contributed by atoms with Crippen LogP contribution in [0, 0.1) is 0 Å². The molecule has 1 nitrogen and oxygen atoms in total. The Morgan fingerprint density at radius 3 is 2.03 bits per heavy atom. The second-order valence-corrected chi connectivity index (χ2v) is 15.0. The van der Waals surface area contributed by atoms with Gasteiger partial charge in [0.25, 0.3) is 0 Å². The van der Waals surface area contributed by atoms with Crippen molar-refractivity contribution in [1.29, 1.82) is 0 Å². The van der Waals surface area contributed by atoms with Crippen LogP contribution in [0.25, 0.3) is 11.1 Å². The number of hydrogen-bond donors (Lipinski definition) is 0. The molecule has 0 radical (unpaired) electrons. The zero-order valence-electron chi connectivity index (χ0n) is 19.1. The van der Waals surface area contributed by atoms with E-state index in [9.17, 15) is 0 Å². The van der Waals surface area contributed by atoms with Gasteiger partial charge in [0.15, 0.2) is 0 Å². The maximum atomic E-state index is 6.72. The predicted octanol–water partition coefficient (Wildman–Crippen LogP) is 7.47. The van der Waals surface area contributed by atoms with Gasteiger partial charge in [0, 0.05) is 16.1 Å². The van der Waals surface area contributed by atoms with Gasteiger partial charge in [-0.15, -0.1) is 0 Å². The number of rotatable bonds is 5. The zero-order valence-corrected chi connectivity index (χ0v) is 20.9. The lowest BCUT2D eigenvalue weighted by molar-refractivity contribution is 0.354. The highest BCUT2D eigenvalue weighted by molar-refractivity contribution is 6.92. The van der Waals surface area contributed by atoms with Crippen LogP contribution < -0.4 is 9.92 Å². The summed E-state index contributed by atoms with van der Waals surface area (Å²) >= 11 is 6.72. The molecule has 1 aliphatic rings. The molecule has 0 bridgehead atoms. The lowest BCUT2D eigenvalue weighted by Gasteiger charge is -2.35. The molecule has 3 aromatic carbocycles. The monoisotopic (exact) mass is 446 g/mol. The number of benzene rings is 3. The van der Waals surface area contributed by atoms with Crippen LogP contribution in [0.15, 0.2) is 73.3 Å². The molecule has 0 N–H and O–H groups in total. The summed E-state index contributed by atoms with van der Waals surface area (Å²) in [5.74, 6) is 0.996. The summed E-state index contributed by atoms with van der Waals surface area (Å²) in [5, 5.41) is 2.06. The van der Waals surface area contributed by atoms with Crippen molar-refractivity contribution in [3.63, 3.8) is 0 Å². The summed E-state index contributed by atoms with van der Waals surface area (Å²) in [6, 6.07) is 22.0. The molecule has 0 spiro atoms. The molecule has 0 unspecified atom stereocenters. The molecule has 0 atom stereocenters. The van der Waals surface area contributed by atoms with Gasteiger partial charge in [-0.05, 0) is 45.0 Å². The van der Waals surface area contributed by atoms with Crippen LogP contribution in [0.1, 0.15) is 43.0 Å². The SMILES string of the molecule is C=CCOc1c(C(C)(C)C)cc(Cl)cc1[Si](C)(C)C1c2ccccc2-c2ccccc21. The third kappa shape index (κ3) is 3.77. The largest absolute Gasteiger partial charge is 0.489 e. The highest BCUT2D eigenvalue weighted by atomic mass is 35.5. The van der Waals surface area contributed by atoms with Gasteiger partial charge in [0.1, 0.15) is 12.4 Å². The Bertz CT molecular complexity index is 1090. The highest BCUT2D eigenvalue weighted by Crippen LogP contribution is 2.49. The molecule has 0 saturated carbocycles. The Morgan fingerprint density at radius 2 is 1.52 bits per heavy atom. The van der Waals surface area contributed by atoms with Crippen molar-refractivity contribution in [2.45, 2.75) is 44.8 Å². The summed E-state index contributed by atoms with van der Waals surface area (Å²) in [5.41, 5.74) is 6.99. The average molecular weight is 447 g/mol. The van der Waals surface area contributed by atoms with Crippen LogP contribution >= 0.6 is 11.6 Å². The van der Waals surface area contributed by atoms with E-state index in [4.69, 9.17) is 16.3 Å². The van der Waals surface area contributed by atoms with Gasteiger partial charge >= 0.3 is 0 Å². The van der Waals surface area contributed by atoms with Gasteiger partial charge in [-0.1, -0.05) is 107 Å². The van der Waals surface area contributed by atoms with Crippen LogP contribution in [0.4, 0.5) is 0 Å². The standard InChI is InChI=1S/C28H31ClOSi/c1-7-16-30-26-24(28(2,3)4)17-19(29)18-25(26)31(5,6)27-22-14-10-8-12-20(22)21-13-9-11-15-23(21)27/h7-15,17-18,27H,1,16H2,2-6H3. The summed E-state index contributed by atoms with van der Waals surface area (Å²) in [6.07, 6.45) is 1.82. The van der Waals surface area contributed by atoms with Crippen LogP contribution in [0.3, 0.4) is 0 Å². The number of fused-ring (bicyclic) bond motifs is 3. The van der Waals surface area contributed by atoms with Crippen molar-refractivity contribution >= 4 is 24.9 Å². The smallest absolute Gasteiger partial charge is 0.122 e. The molecule has 3 heteroatoms. The van der Waals surface area contributed by atoms with E-state index < -0.39 is 8.07 Å². The lowest BCUT2D eigenvalue weighted by Crippen LogP contribution is -2.49. The molecule has 4 rings (SSSR count). The van der Waals surface area contributed by atoms with Crippen molar-refractivity contribution in [1.82, 2.24) is 0 Å². The fourth-order valence-electron chi connectivity index (χ4n) is 5.02. The average Bonchev–Trinajstić information content (AvgIpc) is 3.07. The third-order valence-corrected chi connectivity index (χ3v) is 10.5. The van der Waals surface area contributed by atoms with Gasteiger partial charge in [-0.2, -0.15) is 0 Å². The minimum atomic E-state index is -2.13. The maximum absolute atomic E-state index is 6.72. The summed E-state index contributed by atoms with van der Waals surface area (Å²) in [4.78, 5) is 0. The van der Waals surface area contributed by atoms with E-state index in [0.29, 0.717) is 12.1 Å². The van der Waals surface area contributed by atoms with E-state index in [2.05, 4.69) is 101 Å². The van der Waals surface area contributed by atoms with E-state index in [0.717, 1.165) is 16.3 Å². The Labute approximate surface area is 192 Å². The molecular weight excluding hydrogens is 416 g/mol. The van der Waals surface area contributed by atoms with Crippen molar-refractivity contribution in [2.24, 2.45) is 0 Å². The minimum absolute atomic E-state index is 0.0773. The molecule has 0 aromatic heterocycles. The van der Waals surface area contributed by atoms with E-state index in [1.165, 1.54) is 27.4 Å². The zero-order chi connectivity index (χ0) is 22.4. The first-order chi connectivity index (χ1) is 14.7. The fourth-order valence-corrected chi connectivity index (χ4v) is 9.01. The molecule has 1 aliphatic carbocycles. The van der Waals surface area contributed by atoms with E-state index >= 15 is 0 Å². The van der Waals surface area contributed by atoms with Crippen LogP contribution in [-0.2, 0) is 5.41 Å². The van der Waals surface area contributed by atoms with Crippen LogP contribution in [0.5, 0.6) is 5.75 Å². The van der Waals surface area contributed by atoms with Gasteiger partial charge in [-0.3, -0.25) is 0 Å². The van der Waals surface area contributed by atoms with Gasteiger partial charge in [-0.25, -0.2) is 0 Å². The molecule has 3 aromatic rings. The minimum Gasteiger partial charge on any atom is -0.489 e. The van der Waals surface area contributed by atoms with Crippen molar-refractivity contribution in [3.8, 4) is 16.9 Å². The van der Waals surface area contributed by atoms with Crippen molar-refractivity contribution in [2.75, 3.05) is 6.61 Å². The Kier molecular flexibility index (Phi) is 5.66. The molecule has 0 heterocycles. The van der Waals surface area contributed by atoms with Gasteiger partial charge in [0.2, 0.25) is 0 Å². The molecule has 160 valence electrons. The van der Waals surface area contributed by atoms with E-state index in [1.807, 2.05) is 6.08 Å². The molecule has 0 fully saturated rings. The summed E-state index contributed by atoms with van der Waals surface area (Å²) < 4.78 is 6.38. The molecular formula is C28H31ClOSi. The number of hydrogen-bond acceptors (Lipinski definition) is 1. The van der Waals surface area contributed by atoms with Crippen LogP contribution in [0.2, 0.25) is 18.1 Å². The first-order valence-corrected chi connectivity index (χ1v) is 14.4. The van der Waals surface area contributed by atoms with Crippen molar-refractivity contribution in [3.05, 3.63) is 95.0 Å². The number of ether oxygens (including phenoxy) is 1. The topological polar surface area (TPSA) is 9.23 Å². The maximum Gasteiger partial charge on any atom is 0.122 e. The molecule has 0 aliphatic heterocycles. The lowest BCUT2D eigenvalue weighted by atomic mass is 9.86. The predicted molar refractivity (Wildman–Crippen MR) is 137 cm³/mol. The third-order valence-electron chi connectivity index (χ3n) is 6.46. The Hall–Kier alpha value is -2.29. The fraction of sp³-hybridized carbons (Fsp3) is 0.286.